The summed E-state index contributed by atoms with van der Waals surface area (Å²) in [5, 5.41) is 0. The summed E-state index contributed by atoms with van der Waals surface area (Å²) in [4.78, 5) is 2.27. The summed E-state index contributed by atoms with van der Waals surface area (Å²) in [6.45, 7) is 5.68. The molecule has 0 N–H and O–H groups in total. The number of hydrogen-bond donors (Lipinski definition) is 0. The molecule has 0 fully saturated rings. The molecule has 2 aliphatic rings. The van der Waals surface area contributed by atoms with Crippen LogP contribution in [-0.2, 0) is 0 Å². The van der Waals surface area contributed by atoms with Gasteiger partial charge in [0, 0.05) is 42.1 Å². The summed E-state index contributed by atoms with van der Waals surface area (Å²) in [6, 6.07) is 32.0. The van der Waals surface area contributed by atoms with E-state index in [0.717, 1.165) is 41.2 Å². The number of rotatable bonds is 5. The molecule has 0 spiro atoms. The second-order valence-electron chi connectivity index (χ2n) is 10.2. The normalized spacial score (nSPS) is 16.5. The van der Waals surface area contributed by atoms with Gasteiger partial charge in [-0.2, -0.15) is 0 Å². The molecule has 0 aromatic heterocycles. The van der Waals surface area contributed by atoms with E-state index in [9.17, 15) is 0 Å². The van der Waals surface area contributed by atoms with Gasteiger partial charge in [-0.25, -0.2) is 0 Å². The Labute approximate surface area is 231 Å². The van der Waals surface area contributed by atoms with Crippen LogP contribution in [0.15, 0.2) is 103 Å². The summed E-state index contributed by atoms with van der Waals surface area (Å²) in [5.41, 5.74) is 11.0. The van der Waals surface area contributed by atoms with E-state index >= 15 is 0 Å². The molecule has 3 heteroatoms. The Morgan fingerprint density at radius 1 is 0.590 bits per heavy atom. The van der Waals surface area contributed by atoms with Gasteiger partial charge in [0.25, 0.3) is 0 Å². The van der Waals surface area contributed by atoms with Crippen molar-refractivity contribution in [3.63, 3.8) is 0 Å². The molecule has 0 unspecified atom stereocenters. The Balaban J connectivity index is 1.36. The lowest BCUT2D eigenvalue weighted by atomic mass is 9.99. The second-order valence-corrected chi connectivity index (χ2v) is 10.2. The van der Waals surface area contributed by atoms with Crippen LogP contribution in [0.4, 0.5) is 5.69 Å². The molecule has 0 bridgehead atoms. The molecule has 0 aliphatic carbocycles. The van der Waals surface area contributed by atoms with Gasteiger partial charge in [-0.05, 0) is 71.5 Å². The zero-order valence-electron chi connectivity index (χ0n) is 22.6. The quantitative estimate of drug-likeness (QED) is 0.250. The third-order valence-corrected chi connectivity index (χ3v) is 7.50. The fraction of sp³-hybridized carbons (Fsp3) is 0.167. The maximum absolute atomic E-state index is 5.93. The van der Waals surface area contributed by atoms with E-state index < -0.39 is 0 Å². The lowest BCUT2D eigenvalue weighted by Crippen LogP contribution is -2.15. The van der Waals surface area contributed by atoms with Crippen molar-refractivity contribution in [3.05, 3.63) is 137 Å². The van der Waals surface area contributed by atoms with Crippen LogP contribution in [0.5, 0.6) is 11.5 Å². The summed E-state index contributed by atoms with van der Waals surface area (Å²) in [6.07, 6.45) is 10.6. The van der Waals surface area contributed by atoms with Crippen LogP contribution < -0.4 is 14.4 Å². The van der Waals surface area contributed by atoms with Crippen molar-refractivity contribution in [2.45, 2.75) is 26.7 Å². The van der Waals surface area contributed by atoms with Crippen LogP contribution in [0.2, 0.25) is 0 Å². The van der Waals surface area contributed by atoms with Gasteiger partial charge in [-0.15, -0.1) is 0 Å². The molecule has 2 aliphatic heterocycles. The summed E-state index contributed by atoms with van der Waals surface area (Å²) in [5.74, 6) is 1.90. The van der Waals surface area contributed by atoms with Crippen molar-refractivity contribution in [1.82, 2.24) is 0 Å². The van der Waals surface area contributed by atoms with Crippen LogP contribution in [-0.4, -0.2) is 13.2 Å². The standard InChI is InChI=1S/C36H33NO2/c1-26-11-12-29(23-27(26)2)14-13-28-15-17-32(18-16-28)37(24-30-19-21-38-35-9-5-3-7-33(30)35)25-31-20-22-39-36-10-6-4-8-34(31)36/h3-18,23-25H,19-22H2,1-2H3. The number of para-hydroxylation sites is 2. The van der Waals surface area contributed by atoms with Crippen molar-refractivity contribution >= 4 is 29.0 Å². The Morgan fingerprint density at radius 3 is 1.72 bits per heavy atom. The molecule has 4 aromatic carbocycles. The van der Waals surface area contributed by atoms with E-state index in [1.807, 2.05) is 12.1 Å². The van der Waals surface area contributed by atoms with E-state index in [1.165, 1.54) is 33.4 Å². The summed E-state index contributed by atoms with van der Waals surface area (Å²) < 4.78 is 11.9. The number of ether oxygens (including phenoxy) is 2. The van der Waals surface area contributed by atoms with E-state index in [2.05, 4.69) is 122 Å². The van der Waals surface area contributed by atoms with Crippen molar-refractivity contribution in [3.8, 4) is 11.5 Å². The largest absolute Gasteiger partial charge is 0.493 e. The lowest BCUT2D eigenvalue weighted by molar-refractivity contribution is 0.316. The fourth-order valence-electron chi connectivity index (χ4n) is 5.14. The summed E-state index contributed by atoms with van der Waals surface area (Å²) >= 11 is 0. The average molecular weight is 512 g/mol. The first kappa shape index (κ1) is 24.8. The average Bonchev–Trinajstić information content (AvgIpc) is 2.98. The van der Waals surface area contributed by atoms with Crippen LogP contribution in [0.1, 0.15) is 46.2 Å². The molecule has 4 aromatic rings. The third kappa shape index (κ3) is 5.53. The molecule has 194 valence electrons. The highest BCUT2D eigenvalue weighted by atomic mass is 16.5. The summed E-state index contributed by atoms with van der Waals surface area (Å²) in [7, 11) is 0. The Kier molecular flexibility index (Phi) is 7.05. The van der Waals surface area contributed by atoms with Crippen LogP contribution in [0, 0.1) is 13.8 Å². The molecule has 0 amide bonds. The maximum atomic E-state index is 5.93. The highest BCUT2D eigenvalue weighted by molar-refractivity contribution is 5.79. The highest BCUT2D eigenvalue weighted by Crippen LogP contribution is 2.36. The molecule has 0 radical (unpaired) electrons. The molecule has 3 nitrogen and oxygen atoms in total. The van der Waals surface area contributed by atoms with Gasteiger partial charge in [0.05, 0.1) is 13.2 Å². The van der Waals surface area contributed by atoms with E-state index in [0.29, 0.717) is 13.2 Å². The lowest BCUT2D eigenvalue weighted by Gasteiger charge is -2.26. The number of nitrogens with zero attached hydrogens (tertiary/aromatic N) is 1. The molecule has 2 heterocycles. The first-order chi connectivity index (χ1) is 19.1. The third-order valence-electron chi connectivity index (χ3n) is 7.50. The van der Waals surface area contributed by atoms with E-state index in [-0.39, 0.29) is 0 Å². The van der Waals surface area contributed by atoms with Crippen LogP contribution >= 0.6 is 0 Å². The Hall–Kier alpha value is -4.50. The van der Waals surface area contributed by atoms with Crippen molar-refractivity contribution in [1.29, 1.82) is 0 Å². The van der Waals surface area contributed by atoms with Gasteiger partial charge < -0.3 is 14.4 Å². The predicted octanol–water partition coefficient (Wildman–Crippen LogP) is 8.93. The predicted molar refractivity (Wildman–Crippen MR) is 163 cm³/mol. The number of aryl methyl sites for hydroxylation is 2. The van der Waals surface area contributed by atoms with Gasteiger partial charge in [0.2, 0.25) is 0 Å². The monoisotopic (exact) mass is 511 g/mol. The number of fused-ring (bicyclic) bond motifs is 2. The molecule has 0 saturated heterocycles. The SMILES string of the molecule is Cc1ccc(C=Cc2ccc(N(C=C3CCOc4ccccc43)C=C3CCOc4ccccc43)cc2)cc1C. The van der Waals surface area contributed by atoms with Gasteiger partial charge in [-0.3, -0.25) is 0 Å². The van der Waals surface area contributed by atoms with Gasteiger partial charge in [0.1, 0.15) is 11.5 Å². The van der Waals surface area contributed by atoms with Crippen LogP contribution in [0.25, 0.3) is 23.3 Å². The molecule has 0 saturated carbocycles. The van der Waals surface area contributed by atoms with Gasteiger partial charge >= 0.3 is 0 Å². The molecule has 39 heavy (non-hydrogen) atoms. The Morgan fingerprint density at radius 2 is 1.13 bits per heavy atom. The minimum atomic E-state index is 0.687. The number of hydrogen-bond acceptors (Lipinski definition) is 3. The fourth-order valence-corrected chi connectivity index (χ4v) is 5.14. The Bertz CT molecular complexity index is 1510. The van der Waals surface area contributed by atoms with E-state index in [4.69, 9.17) is 9.47 Å². The minimum absolute atomic E-state index is 0.687. The minimum Gasteiger partial charge on any atom is -0.493 e. The zero-order valence-corrected chi connectivity index (χ0v) is 22.6. The highest BCUT2D eigenvalue weighted by Gasteiger charge is 2.18. The molecule has 0 atom stereocenters. The smallest absolute Gasteiger partial charge is 0.126 e. The second kappa shape index (κ2) is 11.1. The number of benzene rings is 4. The number of anilines is 1. The zero-order chi connectivity index (χ0) is 26.6. The molecular formula is C36H33NO2. The molecule has 6 rings (SSSR count). The molecular weight excluding hydrogens is 478 g/mol. The van der Waals surface area contributed by atoms with E-state index in [1.54, 1.807) is 0 Å². The van der Waals surface area contributed by atoms with Gasteiger partial charge in [-0.1, -0.05) is 78.9 Å². The van der Waals surface area contributed by atoms with Crippen molar-refractivity contribution in [2.75, 3.05) is 18.1 Å². The maximum Gasteiger partial charge on any atom is 0.126 e. The first-order valence-corrected chi connectivity index (χ1v) is 13.6. The van der Waals surface area contributed by atoms with Gasteiger partial charge in [0.15, 0.2) is 0 Å². The van der Waals surface area contributed by atoms with Crippen LogP contribution in [0.3, 0.4) is 0 Å². The topological polar surface area (TPSA) is 21.7 Å². The van der Waals surface area contributed by atoms with Crippen molar-refractivity contribution < 1.29 is 9.47 Å². The van der Waals surface area contributed by atoms with Crippen molar-refractivity contribution in [2.24, 2.45) is 0 Å². The first-order valence-electron chi connectivity index (χ1n) is 13.6.